The summed E-state index contributed by atoms with van der Waals surface area (Å²) in [6.45, 7) is 1.35. The van der Waals surface area contributed by atoms with Gasteiger partial charge in [0.15, 0.2) is 0 Å². The fraction of sp³-hybridized carbons (Fsp3) is 0.263. The minimum absolute atomic E-state index is 0.0124. The largest absolute Gasteiger partial charge is 0.465 e. The van der Waals surface area contributed by atoms with E-state index in [9.17, 15) is 13.2 Å². The number of H-pyrrole nitrogens is 1. The van der Waals surface area contributed by atoms with E-state index in [1.165, 1.54) is 31.3 Å². The number of ether oxygens (including phenoxy) is 1. The van der Waals surface area contributed by atoms with Crippen LogP contribution in [0.1, 0.15) is 6.42 Å². The molecule has 0 saturated heterocycles. The number of imidazole rings is 1. The number of aromatic nitrogens is 2. The molecule has 0 aliphatic heterocycles. The number of methoxy groups -OCH3 is 1. The number of carbonyl (C=O) groups is 1. The number of nitrogens with zero attached hydrogens (tertiary/aromatic N) is 2. The zero-order valence-electron chi connectivity index (χ0n) is 16.5. The standard InChI is InChI=1S/C19H22N4O6S/c1-23(19(24)25)18-21-16-9-6-14(12-17(16)22-18)29-30(26,27)15-7-4-13(5-8-15)20-10-3-11-28-2/h4-9,12,20H,3,10-11H2,1-2H3,(H,21,22)(H,24,25). The van der Waals surface area contributed by atoms with E-state index in [0.717, 1.165) is 17.0 Å². The van der Waals surface area contributed by atoms with E-state index in [-0.39, 0.29) is 16.6 Å². The molecule has 0 fully saturated rings. The highest BCUT2D eigenvalue weighted by molar-refractivity contribution is 7.87. The first-order valence-corrected chi connectivity index (χ1v) is 10.4. The van der Waals surface area contributed by atoms with Gasteiger partial charge in [0, 0.05) is 39.1 Å². The van der Waals surface area contributed by atoms with E-state index < -0.39 is 16.2 Å². The molecule has 0 saturated carbocycles. The molecule has 10 nitrogen and oxygen atoms in total. The summed E-state index contributed by atoms with van der Waals surface area (Å²) in [4.78, 5) is 19.0. The molecule has 1 amide bonds. The van der Waals surface area contributed by atoms with E-state index in [1.807, 2.05) is 0 Å². The number of amides is 1. The minimum Gasteiger partial charge on any atom is -0.465 e. The molecule has 11 heteroatoms. The SMILES string of the molecule is COCCCNc1ccc(S(=O)(=O)Oc2ccc3[nH]c(N(C)C(=O)O)nc3c2)cc1. The van der Waals surface area contributed by atoms with Crippen LogP contribution >= 0.6 is 0 Å². The summed E-state index contributed by atoms with van der Waals surface area (Å²) < 4.78 is 35.4. The van der Waals surface area contributed by atoms with Crippen LogP contribution in [0.25, 0.3) is 11.0 Å². The van der Waals surface area contributed by atoms with Crippen LogP contribution in [0.15, 0.2) is 47.4 Å². The number of nitrogens with one attached hydrogen (secondary N) is 2. The van der Waals surface area contributed by atoms with Crippen molar-refractivity contribution < 1.29 is 27.2 Å². The van der Waals surface area contributed by atoms with Gasteiger partial charge in [-0.2, -0.15) is 8.42 Å². The van der Waals surface area contributed by atoms with Crippen LogP contribution in [0.5, 0.6) is 5.75 Å². The molecular weight excluding hydrogens is 412 g/mol. The average Bonchev–Trinajstić information content (AvgIpc) is 3.14. The third-order valence-corrected chi connectivity index (χ3v) is 5.51. The highest BCUT2D eigenvalue weighted by atomic mass is 32.2. The van der Waals surface area contributed by atoms with Crippen molar-refractivity contribution in [3.63, 3.8) is 0 Å². The number of fused-ring (bicyclic) bond motifs is 1. The van der Waals surface area contributed by atoms with Gasteiger partial charge in [-0.25, -0.2) is 9.78 Å². The lowest BCUT2D eigenvalue weighted by atomic mass is 10.3. The average molecular weight is 434 g/mol. The van der Waals surface area contributed by atoms with Gasteiger partial charge in [-0.3, -0.25) is 4.90 Å². The van der Waals surface area contributed by atoms with Crippen molar-refractivity contribution in [2.45, 2.75) is 11.3 Å². The molecule has 3 rings (SSSR count). The Morgan fingerprint density at radius 3 is 2.63 bits per heavy atom. The molecule has 0 bridgehead atoms. The van der Waals surface area contributed by atoms with E-state index in [1.54, 1.807) is 25.3 Å². The van der Waals surface area contributed by atoms with Gasteiger partial charge in [-0.15, -0.1) is 0 Å². The van der Waals surface area contributed by atoms with Gasteiger partial charge in [0.1, 0.15) is 10.6 Å². The smallest absolute Gasteiger partial charge is 0.413 e. The molecule has 0 radical (unpaired) electrons. The third-order valence-electron chi connectivity index (χ3n) is 4.25. The molecule has 0 atom stereocenters. The highest BCUT2D eigenvalue weighted by Crippen LogP contribution is 2.25. The van der Waals surface area contributed by atoms with Crippen molar-refractivity contribution in [3.8, 4) is 5.75 Å². The van der Waals surface area contributed by atoms with Crippen LogP contribution in [0.3, 0.4) is 0 Å². The summed E-state index contributed by atoms with van der Waals surface area (Å²) in [6, 6.07) is 10.7. The van der Waals surface area contributed by atoms with Crippen molar-refractivity contribution in [1.29, 1.82) is 0 Å². The van der Waals surface area contributed by atoms with Crippen molar-refractivity contribution in [2.24, 2.45) is 0 Å². The molecule has 0 spiro atoms. The number of rotatable bonds is 9. The number of anilines is 2. The topological polar surface area (TPSA) is 134 Å². The molecule has 1 aromatic heterocycles. The molecule has 0 aliphatic carbocycles. The van der Waals surface area contributed by atoms with Crippen LogP contribution < -0.4 is 14.4 Å². The summed E-state index contributed by atoms with van der Waals surface area (Å²) in [7, 11) is -1.06. The van der Waals surface area contributed by atoms with Gasteiger partial charge in [-0.05, 0) is 42.8 Å². The predicted molar refractivity (Wildman–Crippen MR) is 112 cm³/mol. The van der Waals surface area contributed by atoms with Crippen molar-refractivity contribution in [3.05, 3.63) is 42.5 Å². The van der Waals surface area contributed by atoms with Gasteiger partial charge in [0.25, 0.3) is 0 Å². The predicted octanol–water partition coefficient (Wildman–Crippen LogP) is 2.89. The Bertz CT molecular complexity index is 1130. The molecule has 1 heterocycles. The van der Waals surface area contributed by atoms with E-state index >= 15 is 0 Å². The van der Waals surface area contributed by atoms with Crippen LogP contribution in [-0.2, 0) is 14.9 Å². The van der Waals surface area contributed by atoms with E-state index in [2.05, 4.69) is 15.3 Å². The van der Waals surface area contributed by atoms with Gasteiger partial charge in [0.2, 0.25) is 5.95 Å². The lowest BCUT2D eigenvalue weighted by molar-refractivity contribution is 0.198. The van der Waals surface area contributed by atoms with Crippen LogP contribution in [0.4, 0.5) is 16.4 Å². The Kier molecular flexibility index (Phi) is 6.43. The molecule has 0 unspecified atom stereocenters. The molecule has 30 heavy (non-hydrogen) atoms. The normalized spacial score (nSPS) is 11.4. The molecule has 160 valence electrons. The fourth-order valence-corrected chi connectivity index (χ4v) is 3.56. The number of benzene rings is 2. The Labute approximate surface area is 173 Å². The second-order valence-corrected chi connectivity index (χ2v) is 7.96. The fourth-order valence-electron chi connectivity index (χ4n) is 2.64. The molecule has 2 aromatic carbocycles. The van der Waals surface area contributed by atoms with Gasteiger partial charge in [0.05, 0.1) is 11.0 Å². The van der Waals surface area contributed by atoms with Crippen molar-refractivity contribution >= 4 is 38.9 Å². The van der Waals surface area contributed by atoms with Gasteiger partial charge in [-0.1, -0.05) is 0 Å². The first kappa shape index (κ1) is 21.4. The zero-order chi connectivity index (χ0) is 21.7. The number of hydrogen-bond acceptors (Lipinski definition) is 7. The van der Waals surface area contributed by atoms with Gasteiger partial charge < -0.3 is 24.3 Å². The maximum Gasteiger partial charge on any atom is 0.413 e. The summed E-state index contributed by atoms with van der Waals surface area (Å²) in [5.74, 6) is 0.186. The molecule has 0 aliphatic rings. The third kappa shape index (κ3) is 4.99. The number of carboxylic acid groups (broad SMARTS) is 1. The second kappa shape index (κ2) is 9.01. The highest BCUT2D eigenvalue weighted by Gasteiger charge is 2.18. The molecule has 3 N–H and O–H groups in total. The second-order valence-electron chi connectivity index (χ2n) is 6.42. The summed E-state index contributed by atoms with van der Waals surface area (Å²) in [6.07, 6.45) is -0.344. The number of hydrogen-bond donors (Lipinski definition) is 3. The van der Waals surface area contributed by atoms with E-state index in [4.69, 9.17) is 14.0 Å². The summed E-state index contributed by atoms with van der Waals surface area (Å²) in [5.41, 5.74) is 1.71. The van der Waals surface area contributed by atoms with Crippen molar-refractivity contribution in [1.82, 2.24) is 9.97 Å². The summed E-state index contributed by atoms with van der Waals surface area (Å²) >= 11 is 0. The van der Waals surface area contributed by atoms with Crippen molar-refractivity contribution in [2.75, 3.05) is 37.5 Å². The first-order chi connectivity index (χ1) is 14.3. The van der Waals surface area contributed by atoms with E-state index in [0.29, 0.717) is 24.2 Å². The zero-order valence-corrected chi connectivity index (χ0v) is 17.3. The van der Waals surface area contributed by atoms with Gasteiger partial charge >= 0.3 is 16.2 Å². The van der Waals surface area contributed by atoms with Crippen LogP contribution in [0, 0.1) is 0 Å². The lowest BCUT2D eigenvalue weighted by Crippen LogP contribution is -2.24. The minimum atomic E-state index is -4.04. The van der Waals surface area contributed by atoms with Crippen LogP contribution in [-0.4, -0.2) is 56.9 Å². The Hall–Kier alpha value is -3.31. The number of aromatic amines is 1. The van der Waals surface area contributed by atoms with Crippen LogP contribution in [0.2, 0.25) is 0 Å². The Morgan fingerprint density at radius 1 is 1.23 bits per heavy atom. The maximum absolute atomic E-state index is 12.6. The first-order valence-electron chi connectivity index (χ1n) is 9.04. The molecular formula is C19H22N4O6S. The monoisotopic (exact) mass is 434 g/mol. The quantitative estimate of drug-likeness (QED) is 0.346. The summed E-state index contributed by atoms with van der Waals surface area (Å²) in [5, 5.41) is 12.2. The molecule has 3 aromatic rings. The Balaban J connectivity index is 1.72. The maximum atomic E-state index is 12.6. The Morgan fingerprint density at radius 2 is 1.97 bits per heavy atom. The lowest BCUT2D eigenvalue weighted by Gasteiger charge is -2.09.